The molecule has 2 aliphatic rings. The van der Waals surface area contributed by atoms with Crippen molar-refractivity contribution >= 4 is 5.91 Å². The van der Waals surface area contributed by atoms with Gasteiger partial charge in [-0.3, -0.25) is 4.79 Å². The van der Waals surface area contributed by atoms with E-state index < -0.39 is 0 Å². The number of carbonyl (C=O) groups excluding carboxylic acids is 1. The maximum absolute atomic E-state index is 11.9. The Hall–Kier alpha value is -0.570. The molecule has 1 saturated heterocycles. The van der Waals surface area contributed by atoms with Gasteiger partial charge in [0.05, 0.1) is 0 Å². The van der Waals surface area contributed by atoms with Gasteiger partial charge in [0.2, 0.25) is 5.91 Å². The van der Waals surface area contributed by atoms with E-state index in [1.54, 1.807) is 0 Å². The van der Waals surface area contributed by atoms with Crippen molar-refractivity contribution < 1.29 is 4.79 Å². The fourth-order valence-electron chi connectivity index (χ4n) is 2.47. The average molecular weight is 224 g/mol. The lowest BCUT2D eigenvalue weighted by Gasteiger charge is -2.27. The number of carbonyl (C=O) groups is 1. The molecule has 1 aliphatic heterocycles. The van der Waals surface area contributed by atoms with E-state index in [9.17, 15) is 4.79 Å². The van der Waals surface area contributed by atoms with Crippen LogP contribution in [-0.4, -0.2) is 36.5 Å². The molecule has 3 heteroatoms. The van der Waals surface area contributed by atoms with E-state index in [1.165, 1.54) is 44.9 Å². The normalized spacial score (nSPS) is 22.6. The zero-order valence-electron chi connectivity index (χ0n) is 10.2. The van der Waals surface area contributed by atoms with E-state index >= 15 is 0 Å². The molecule has 0 aromatic carbocycles. The fraction of sp³-hybridized carbons (Fsp3) is 0.923. The number of nitrogens with one attached hydrogen (secondary N) is 1. The molecule has 0 bridgehead atoms. The maximum Gasteiger partial charge on any atom is 0.223 e. The van der Waals surface area contributed by atoms with E-state index in [4.69, 9.17) is 0 Å². The van der Waals surface area contributed by atoms with Crippen LogP contribution in [0.4, 0.5) is 0 Å². The van der Waals surface area contributed by atoms with Crippen LogP contribution >= 0.6 is 0 Å². The Bertz CT molecular complexity index is 218. The minimum Gasteiger partial charge on any atom is -0.343 e. The summed E-state index contributed by atoms with van der Waals surface area (Å²) in [5.74, 6) is 0.355. The van der Waals surface area contributed by atoms with Crippen LogP contribution in [0.5, 0.6) is 0 Å². The van der Waals surface area contributed by atoms with Gasteiger partial charge in [0.1, 0.15) is 0 Å². The van der Waals surface area contributed by atoms with Gasteiger partial charge >= 0.3 is 0 Å². The van der Waals surface area contributed by atoms with Crippen molar-refractivity contribution in [3.05, 3.63) is 0 Å². The SMILES string of the molecule is O=C(CCNC1CCC1)N1CCCCCC1. The first-order valence-electron chi connectivity index (χ1n) is 6.87. The lowest BCUT2D eigenvalue weighted by Crippen LogP contribution is -2.39. The van der Waals surface area contributed by atoms with Crippen LogP contribution in [0.1, 0.15) is 51.4 Å². The smallest absolute Gasteiger partial charge is 0.223 e. The molecular formula is C13H24N2O. The summed E-state index contributed by atoms with van der Waals surface area (Å²) in [6.07, 6.45) is 9.64. The Kier molecular flexibility index (Phi) is 4.64. The first-order valence-corrected chi connectivity index (χ1v) is 6.87. The van der Waals surface area contributed by atoms with Gasteiger partial charge in [-0.05, 0) is 25.7 Å². The Morgan fingerprint density at radius 2 is 1.75 bits per heavy atom. The Labute approximate surface area is 98.6 Å². The maximum atomic E-state index is 11.9. The standard InChI is InChI=1S/C13H24N2O/c16-13(8-9-14-12-6-5-7-12)15-10-3-1-2-4-11-15/h12,14H,1-11H2. The first-order chi connectivity index (χ1) is 7.86. The zero-order chi connectivity index (χ0) is 11.2. The number of nitrogens with zero attached hydrogens (tertiary/aromatic N) is 1. The molecule has 92 valence electrons. The molecule has 2 rings (SSSR count). The van der Waals surface area contributed by atoms with Gasteiger partial charge in [0, 0.05) is 32.1 Å². The van der Waals surface area contributed by atoms with Crippen molar-refractivity contribution in [2.45, 2.75) is 57.4 Å². The van der Waals surface area contributed by atoms with E-state index in [2.05, 4.69) is 10.2 Å². The summed E-state index contributed by atoms with van der Waals surface area (Å²) in [6, 6.07) is 0.705. The highest BCUT2D eigenvalue weighted by molar-refractivity contribution is 5.76. The molecule has 1 saturated carbocycles. The van der Waals surface area contributed by atoms with Crippen molar-refractivity contribution in [1.82, 2.24) is 10.2 Å². The third-order valence-corrected chi connectivity index (χ3v) is 3.84. The third kappa shape index (κ3) is 3.48. The molecule has 0 atom stereocenters. The van der Waals surface area contributed by atoms with Crippen molar-refractivity contribution in [3.63, 3.8) is 0 Å². The summed E-state index contributed by atoms with van der Waals surface area (Å²) in [5.41, 5.74) is 0. The minimum atomic E-state index is 0.355. The van der Waals surface area contributed by atoms with E-state index in [-0.39, 0.29) is 0 Å². The predicted octanol–water partition coefficient (Wildman–Crippen LogP) is 1.92. The van der Waals surface area contributed by atoms with Crippen molar-refractivity contribution in [1.29, 1.82) is 0 Å². The molecule has 0 aromatic rings. The molecular weight excluding hydrogens is 200 g/mol. The number of hydrogen-bond donors (Lipinski definition) is 1. The quantitative estimate of drug-likeness (QED) is 0.791. The second-order valence-corrected chi connectivity index (χ2v) is 5.13. The summed E-state index contributed by atoms with van der Waals surface area (Å²) in [5, 5.41) is 3.46. The number of likely N-dealkylation sites (tertiary alicyclic amines) is 1. The largest absolute Gasteiger partial charge is 0.343 e. The first kappa shape index (κ1) is 11.9. The lowest BCUT2D eigenvalue weighted by molar-refractivity contribution is -0.131. The summed E-state index contributed by atoms with van der Waals surface area (Å²) in [6.45, 7) is 2.85. The van der Waals surface area contributed by atoms with E-state index in [0.29, 0.717) is 18.4 Å². The third-order valence-electron chi connectivity index (χ3n) is 3.84. The monoisotopic (exact) mass is 224 g/mol. The summed E-state index contributed by atoms with van der Waals surface area (Å²) in [4.78, 5) is 14.0. The van der Waals surface area contributed by atoms with Crippen LogP contribution in [0.2, 0.25) is 0 Å². The molecule has 1 N–H and O–H groups in total. The van der Waals surface area contributed by atoms with Crippen LogP contribution in [0.15, 0.2) is 0 Å². The molecule has 1 heterocycles. The van der Waals surface area contributed by atoms with E-state index in [1.807, 2.05) is 0 Å². The van der Waals surface area contributed by atoms with Crippen LogP contribution in [0, 0.1) is 0 Å². The highest BCUT2D eigenvalue weighted by atomic mass is 16.2. The number of amides is 1. The Morgan fingerprint density at radius 1 is 1.06 bits per heavy atom. The zero-order valence-corrected chi connectivity index (χ0v) is 10.2. The van der Waals surface area contributed by atoms with Crippen LogP contribution < -0.4 is 5.32 Å². The topological polar surface area (TPSA) is 32.3 Å². The van der Waals surface area contributed by atoms with Crippen molar-refractivity contribution in [2.75, 3.05) is 19.6 Å². The summed E-state index contributed by atoms with van der Waals surface area (Å²) < 4.78 is 0. The molecule has 0 radical (unpaired) electrons. The number of hydrogen-bond acceptors (Lipinski definition) is 2. The molecule has 0 spiro atoms. The average Bonchev–Trinajstić information content (AvgIpc) is 2.49. The minimum absolute atomic E-state index is 0.355. The molecule has 1 aliphatic carbocycles. The second-order valence-electron chi connectivity index (χ2n) is 5.13. The second kappa shape index (κ2) is 6.24. The van der Waals surface area contributed by atoms with Gasteiger partial charge in [-0.1, -0.05) is 19.3 Å². The Balaban J connectivity index is 1.61. The van der Waals surface area contributed by atoms with Gasteiger partial charge in [-0.15, -0.1) is 0 Å². The van der Waals surface area contributed by atoms with Crippen molar-refractivity contribution in [3.8, 4) is 0 Å². The van der Waals surface area contributed by atoms with Gasteiger partial charge in [-0.2, -0.15) is 0 Å². The van der Waals surface area contributed by atoms with Crippen molar-refractivity contribution in [2.24, 2.45) is 0 Å². The van der Waals surface area contributed by atoms with Crippen LogP contribution in [-0.2, 0) is 4.79 Å². The molecule has 0 unspecified atom stereocenters. The fourth-order valence-corrected chi connectivity index (χ4v) is 2.47. The molecule has 0 aromatic heterocycles. The van der Waals surface area contributed by atoms with Gasteiger partial charge in [-0.25, -0.2) is 0 Å². The molecule has 3 nitrogen and oxygen atoms in total. The summed E-state index contributed by atoms with van der Waals surface area (Å²) >= 11 is 0. The highest BCUT2D eigenvalue weighted by Crippen LogP contribution is 2.17. The van der Waals surface area contributed by atoms with Crippen LogP contribution in [0.3, 0.4) is 0 Å². The lowest BCUT2D eigenvalue weighted by atomic mass is 9.93. The van der Waals surface area contributed by atoms with Gasteiger partial charge in [0.25, 0.3) is 0 Å². The molecule has 2 fully saturated rings. The summed E-state index contributed by atoms with van der Waals surface area (Å²) in [7, 11) is 0. The predicted molar refractivity (Wildman–Crippen MR) is 65.3 cm³/mol. The highest BCUT2D eigenvalue weighted by Gasteiger charge is 2.18. The molecule has 1 amide bonds. The van der Waals surface area contributed by atoms with Gasteiger partial charge < -0.3 is 10.2 Å². The molecule has 16 heavy (non-hydrogen) atoms. The van der Waals surface area contributed by atoms with E-state index in [0.717, 1.165) is 19.6 Å². The Morgan fingerprint density at radius 3 is 2.31 bits per heavy atom. The number of rotatable bonds is 4. The van der Waals surface area contributed by atoms with Gasteiger partial charge in [0.15, 0.2) is 0 Å². The van der Waals surface area contributed by atoms with Crippen LogP contribution in [0.25, 0.3) is 0 Å².